The molecule has 28 heavy (non-hydrogen) atoms. The Morgan fingerprint density at radius 3 is 2.61 bits per heavy atom. The van der Waals surface area contributed by atoms with Crippen LogP contribution in [0.1, 0.15) is 30.6 Å². The molecule has 1 aliphatic carbocycles. The minimum absolute atomic E-state index is 0.0512. The fraction of sp³-hybridized carbons (Fsp3) is 0.650. The lowest BCUT2D eigenvalue weighted by Gasteiger charge is -2.37. The van der Waals surface area contributed by atoms with Crippen molar-refractivity contribution in [1.82, 2.24) is 0 Å². The minimum atomic E-state index is -1.29. The number of hydrogen-bond acceptors (Lipinski definition) is 8. The first-order chi connectivity index (χ1) is 13.5. The Bertz CT molecular complexity index is 707. The summed E-state index contributed by atoms with van der Waals surface area (Å²) < 4.78 is 28.9. The van der Waals surface area contributed by atoms with Gasteiger partial charge in [0.15, 0.2) is 12.6 Å². The van der Waals surface area contributed by atoms with Crippen LogP contribution in [0, 0.1) is 11.8 Å². The van der Waals surface area contributed by atoms with E-state index in [0.717, 1.165) is 0 Å². The molecular formula is C20H26O8. The maximum absolute atomic E-state index is 12.7. The van der Waals surface area contributed by atoms with E-state index in [0.29, 0.717) is 25.2 Å². The molecule has 2 heterocycles. The van der Waals surface area contributed by atoms with Gasteiger partial charge in [-0.2, -0.15) is 0 Å². The normalized spacial score (nSPS) is 39.0. The van der Waals surface area contributed by atoms with E-state index in [2.05, 4.69) is 0 Å². The number of esters is 1. The number of aromatic hydroxyl groups is 1. The van der Waals surface area contributed by atoms with Crippen LogP contribution in [0.25, 0.3) is 0 Å². The monoisotopic (exact) mass is 394 g/mol. The third-order valence-electron chi connectivity index (χ3n) is 5.82. The summed E-state index contributed by atoms with van der Waals surface area (Å²) in [6.07, 6.45) is -2.02. The number of carbonyl (C=O) groups is 1. The van der Waals surface area contributed by atoms with Crippen molar-refractivity contribution in [3.05, 3.63) is 29.8 Å². The van der Waals surface area contributed by atoms with E-state index in [1.54, 1.807) is 0 Å². The van der Waals surface area contributed by atoms with Crippen molar-refractivity contribution in [3.63, 3.8) is 0 Å². The predicted molar refractivity (Wildman–Crippen MR) is 95.5 cm³/mol. The summed E-state index contributed by atoms with van der Waals surface area (Å²) in [4.78, 5) is 12.7. The van der Waals surface area contributed by atoms with E-state index < -0.39 is 36.4 Å². The van der Waals surface area contributed by atoms with Gasteiger partial charge in [0.2, 0.25) is 0 Å². The molecule has 1 saturated carbocycles. The molecule has 2 N–H and O–H groups in total. The van der Waals surface area contributed by atoms with Crippen molar-refractivity contribution in [1.29, 1.82) is 0 Å². The third kappa shape index (κ3) is 3.19. The number of benzene rings is 1. The van der Waals surface area contributed by atoms with Crippen molar-refractivity contribution in [2.24, 2.45) is 11.8 Å². The van der Waals surface area contributed by atoms with Crippen LogP contribution in [0.5, 0.6) is 5.75 Å². The molecule has 3 aliphatic rings. The number of aliphatic hydroxyl groups is 1. The van der Waals surface area contributed by atoms with E-state index in [9.17, 15) is 15.0 Å². The Balaban J connectivity index is 1.61. The van der Waals surface area contributed by atoms with E-state index in [4.69, 9.17) is 23.7 Å². The van der Waals surface area contributed by atoms with Crippen LogP contribution in [-0.2, 0) is 23.7 Å². The van der Waals surface area contributed by atoms with Gasteiger partial charge in [-0.25, -0.2) is 4.79 Å². The molecule has 0 radical (unpaired) electrons. The van der Waals surface area contributed by atoms with Crippen molar-refractivity contribution < 1.29 is 38.7 Å². The second kappa shape index (κ2) is 7.61. The smallest absolute Gasteiger partial charge is 0.338 e. The van der Waals surface area contributed by atoms with Crippen molar-refractivity contribution in [2.45, 2.75) is 50.7 Å². The van der Waals surface area contributed by atoms with Gasteiger partial charge in [-0.3, -0.25) is 0 Å². The van der Waals surface area contributed by atoms with Gasteiger partial charge < -0.3 is 33.9 Å². The van der Waals surface area contributed by atoms with E-state index in [1.165, 1.54) is 24.3 Å². The van der Waals surface area contributed by atoms with Gasteiger partial charge in [0.1, 0.15) is 23.6 Å². The van der Waals surface area contributed by atoms with Gasteiger partial charge >= 0.3 is 5.97 Å². The van der Waals surface area contributed by atoms with Crippen molar-refractivity contribution in [3.8, 4) is 5.75 Å². The van der Waals surface area contributed by atoms with Crippen LogP contribution in [0.2, 0.25) is 0 Å². The summed E-state index contributed by atoms with van der Waals surface area (Å²) >= 11 is 0. The maximum atomic E-state index is 12.7. The molecule has 1 aromatic carbocycles. The van der Waals surface area contributed by atoms with Crippen LogP contribution < -0.4 is 0 Å². The number of phenols is 1. The number of hydrogen-bond donors (Lipinski definition) is 2. The Kier molecular flexibility index (Phi) is 5.32. The van der Waals surface area contributed by atoms with E-state index in [1.807, 2.05) is 13.8 Å². The predicted octanol–water partition coefficient (Wildman–Crippen LogP) is 1.44. The van der Waals surface area contributed by atoms with Gasteiger partial charge in [0.25, 0.3) is 0 Å². The molecule has 3 fully saturated rings. The molecule has 0 amide bonds. The topological polar surface area (TPSA) is 104 Å². The Morgan fingerprint density at radius 2 is 1.93 bits per heavy atom. The van der Waals surface area contributed by atoms with Crippen LogP contribution in [0.15, 0.2) is 24.3 Å². The van der Waals surface area contributed by atoms with Crippen LogP contribution in [-0.4, -0.2) is 66.4 Å². The van der Waals surface area contributed by atoms with Gasteiger partial charge in [-0.1, -0.05) is 0 Å². The lowest BCUT2D eigenvalue weighted by molar-refractivity contribution is -0.280. The number of phenolic OH excluding ortho intramolecular Hbond substituents is 1. The summed E-state index contributed by atoms with van der Waals surface area (Å²) in [5, 5.41) is 20.8. The van der Waals surface area contributed by atoms with Gasteiger partial charge in [0, 0.05) is 25.6 Å². The highest BCUT2D eigenvalue weighted by molar-refractivity contribution is 5.89. The summed E-state index contributed by atoms with van der Waals surface area (Å²) in [7, 11) is 0. The van der Waals surface area contributed by atoms with E-state index in [-0.39, 0.29) is 24.2 Å². The first-order valence-corrected chi connectivity index (χ1v) is 9.70. The molecule has 8 heteroatoms. The first-order valence-electron chi connectivity index (χ1n) is 9.70. The molecule has 0 bridgehead atoms. The zero-order chi connectivity index (χ0) is 19.9. The van der Waals surface area contributed by atoms with E-state index >= 15 is 0 Å². The largest absolute Gasteiger partial charge is 0.508 e. The van der Waals surface area contributed by atoms with Crippen LogP contribution in [0.4, 0.5) is 0 Å². The third-order valence-corrected chi connectivity index (χ3v) is 5.82. The average molecular weight is 394 g/mol. The second-order valence-corrected chi connectivity index (χ2v) is 7.41. The molecule has 7 atom stereocenters. The fourth-order valence-corrected chi connectivity index (χ4v) is 4.69. The maximum Gasteiger partial charge on any atom is 0.338 e. The molecular weight excluding hydrogens is 368 g/mol. The van der Waals surface area contributed by atoms with Gasteiger partial charge in [-0.05, 0) is 38.1 Å². The molecule has 8 nitrogen and oxygen atoms in total. The van der Waals surface area contributed by atoms with Gasteiger partial charge in [-0.15, -0.1) is 0 Å². The average Bonchev–Trinajstić information content (AvgIpc) is 3.12. The zero-order valence-electron chi connectivity index (χ0n) is 15.9. The standard InChI is InChI=1S/C20H26O8/c1-3-24-14-9-13-15-19(27-14)26-10-20(15,23)17(25-4-2)16(13)28-18(22)11-5-7-12(21)8-6-11/h5-8,13-17,19,21,23H,3-4,9-10H2,1-2H3. The van der Waals surface area contributed by atoms with Crippen molar-refractivity contribution >= 4 is 5.97 Å². The number of rotatable bonds is 6. The Morgan fingerprint density at radius 1 is 1.21 bits per heavy atom. The molecule has 154 valence electrons. The summed E-state index contributed by atoms with van der Waals surface area (Å²) in [6.45, 7) is 4.60. The molecule has 1 aromatic rings. The fourth-order valence-electron chi connectivity index (χ4n) is 4.69. The van der Waals surface area contributed by atoms with Gasteiger partial charge in [0.05, 0.1) is 18.1 Å². The molecule has 4 rings (SSSR count). The second-order valence-electron chi connectivity index (χ2n) is 7.41. The number of carbonyl (C=O) groups excluding carboxylic acids is 1. The highest BCUT2D eigenvalue weighted by atomic mass is 16.8. The molecule has 2 aliphatic heterocycles. The lowest BCUT2D eigenvalue weighted by atomic mass is 9.83. The summed E-state index contributed by atoms with van der Waals surface area (Å²) in [5.41, 5.74) is -0.971. The summed E-state index contributed by atoms with van der Waals surface area (Å²) in [6, 6.07) is 5.85. The molecule has 0 aromatic heterocycles. The SMILES string of the molecule is CCOC1CC2C(OC(=O)c3ccc(O)cc3)C(OCC)C3(O)COC(O1)C23. The molecule has 2 saturated heterocycles. The quantitative estimate of drug-likeness (QED) is 0.699. The highest BCUT2D eigenvalue weighted by Crippen LogP contribution is 2.54. The first kappa shape index (κ1) is 19.6. The molecule has 0 spiro atoms. The van der Waals surface area contributed by atoms with Crippen molar-refractivity contribution in [2.75, 3.05) is 19.8 Å². The van der Waals surface area contributed by atoms with Crippen LogP contribution in [0.3, 0.4) is 0 Å². The molecule has 7 unspecified atom stereocenters. The lowest BCUT2D eigenvalue weighted by Crippen LogP contribution is -2.49. The Labute approximate surface area is 163 Å². The Hall–Kier alpha value is -1.71. The number of ether oxygens (including phenoxy) is 5. The summed E-state index contributed by atoms with van der Waals surface area (Å²) in [5.74, 6) is -1.05. The van der Waals surface area contributed by atoms with Crippen LogP contribution >= 0.6 is 0 Å². The zero-order valence-corrected chi connectivity index (χ0v) is 15.9. The minimum Gasteiger partial charge on any atom is -0.508 e. The highest BCUT2D eigenvalue weighted by Gasteiger charge is 2.70.